The predicted octanol–water partition coefficient (Wildman–Crippen LogP) is 1.93. The number of imidazole rings is 1. The Balaban J connectivity index is 2.38. The van der Waals surface area contributed by atoms with E-state index in [1.165, 1.54) is 7.11 Å². The van der Waals surface area contributed by atoms with Crippen molar-refractivity contribution < 1.29 is 9.53 Å². The molecule has 18 heavy (non-hydrogen) atoms. The molecule has 0 N–H and O–H groups in total. The maximum atomic E-state index is 12.4. The van der Waals surface area contributed by atoms with Crippen molar-refractivity contribution in [2.45, 2.75) is 19.9 Å². The molecule has 0 aliphatic rings. The monoisotopic (exact) mass is 245 g/mol. The highest BCUT2D eigenvalue weighted by molar-refractivity contribution is 6.08. The van der Waals surface area contributed by atoms with Gasteiger partial charge in [0, 0.05) is 25.1 Å². The Morgan fingerprint density at radius 1 is 1.39 bits per heavy atom. The summed E-state index contributed by atoms with van der Waals surface area (Å²) in [6.07, 6.45) is 5.97. The predicted molar refractivity (Wildman–Crippen MR) is 66.7 cm³/mol. The molecule has 0 saturated heterocycles. The van der Waals surface area contributed by atoms with Gasteiger partial charge in [-0.3, -0.25) is 4.79 Å². The SMILES string of the molecule is CCCn1ccnc1C(=O)c1cccnc1OC. The van der Waals surface area contributed by atoms with E-state index in [4.69, 9.17) is 4.74 Å². The van der Waals surface area contributed by atoms with Gasteiger partial charge in [-0.2, -0.15) is 0 Å². The Bertz CT molecular complexity index is 549. The molecule has 0 unspecified atom stereocenters. The first kappa shape index (κ1) is 12.3. The zero-order valence-corrected chi connectivity index (χ0v) is 10.5. The summed E-state index contributed by atoms with van der Waals surface area (Å²) in [5, 5.41) is 0. The molecule has 0 saturated carbocycles. The van der Waals surface area contributed by atoms with Crippen molar-refractivity contribution in [2.24, 2.45) is 0 Å². The van der Waals surface area contributed by atoms with E-state index in [1.807, 2.05) is 4.57 Å². The summed E-state index contributed by atoms with van der Waals surface area (Å²) in [5.41, 5.74) is 0.434. The van der Waals surface area contributed by atoms with Gasteiger partial charge in [0.25, 0.3) is 0 Å². The molecule has 2 aromatic heterocycles. The van der Waals surface area contributed by atoms with Crippen molar-refractivity contribution in [1.29, 1.82) is 0 Å². The lowest BCUT2D eigenvalue weighted by Gasteiger charge is -2.07. The van der Waals surface area contributed by atoms with Crippen LogP contribution in [-0.2, 0) is 6.54 Å². The molecular weight excluding hydrogens is 230 g/mol. The molecule has 0 bridgehead atoms. The Morgan fingerprint density at radius 3 is 2.94 bits per heavy atom. The van der Waals surface area contributed by atoms with E-state index in [2.05, 4.69) is 16.9 Å². The Labute approximate surface area is 105 Å². The standard InChI is InChI=1S/C13H15N3O2/c1-3-8-16-9-7-14-12(16)11(17)10-5-4-6-15-13(10)18-2/h4-7,9H,3,8H2,1-2H3. The Hall–Kier alpha value is -2.17. The summed E-state index contributed by atoms with van der Waals surface area (Å²) < 4.78 is 6.94. The zero-order valence-electron chi connectivity index (χ0n) is 10.5. The smallest absolute Gasteiger partial charge is 0.233 e. The van der Waals surface area contributed by atoms with E-state index in [-0.39, 0.29) is 5.78 Å². The van der Waals surface area contributed by atoms with Crippen LogP contribution in [0.4, 0.5) is 0 Å². The van der Waals surface area contributed by atoms with Gasteiger partial charge in [0.05, 0.1) is 12.7 Å². The van der Waals surface area contributed by atoms with Crippen molar-refractivity contribution in [3.8, 4) is 5.88 Å². The van der Waals surface area contributed by atoms with Crippen molar-refractivity contribution >= 4 is 5.78 Å². The lowest BCUT2D eigenvalue weighted by Crippen LogP contribution is -2.12. The van der Waals surface area contributed by atoms with Crippen molar-refractivity contribution in [1.82, 2.24) is 14.5 Å². The minimum absolute atomic E-state index is 0.168. The zero-order chi connectivity index (χ0) is 13.0. The number of aryl methyl sites for hydroxylation is 1. The van der Waals surface area contributed by atoms with E-state index >= 15 is 0 Å². The number of hydrogen-bond donors (Lipinski definition) is 0. The molecule has 0 aromatic carbocycles. The number of carbonyl (C=O) groups is 1. The molecule has 0 radical (unpaired) electrons. The maximum absolute atomic E-state index is 12.4. The number of pyridine rings is 1. The number of aromatic nitrogens is 3. The Morgan fingerprint density at radius 2 is 2.22 bits per heavy atom. The third-order valence-electron chi connectivity index (χ3n) is 2.59. The molecule has 5 heteroatoms. The van der Waals surface area contributed by atoms with Gasteiger partial charge in [0.1, 0.15) is 0 Å². The number of ketones is 1. The fourth-order valence-corrected chi connectivity index (χ4v) is 1.79. The van der Waals surface area contributed by atoms with Crippen molar-refractivity contribution in [3.63, 3.8) is 0 Å². The van der Waals surface area contributed by atoms with Gasteiger partial charge in [-0.05, 0) is 18.6 Å². The van der Waals surface area contributed by atoms with Crippen LogP contribution in [0.25, 0.3) is 0 Å². The largest absolute Gasteiger partial charge is 0.480 e. The maximum Gasteiger partial charge on any atom is 0.233 e. The van der Waals surface area contributed by atoms with Crippen molar-refractivity contribution in [2.75, 3.05) is 7.11 Å². The number of hydrogen-bond acceptors (Lipinski definition) is 4. The summed E-state index contributed by atoms with van der Waals surface area (Å²) in [7, 11) is 1.50. The van der Waals surface area contributed by atoms with Crippen LogP contribution < -0.4 is 4.74 Å². The topological polar surface area (TPSA) is 57.0 Å². The summed E-state index contributed by atoms with van der Waals surface area (Å²) in [4.78, 5) is 20.5. The molecule has 0 amide bonds. The lowest BCUT2D eigenvalue weighted by atomic mass is 10.1. The van der Waals surface area contributed by atoms with E-state index in [0.29, 0.717) is 17.3 Å². The molecule has 0 aliphatic heterocycles. The number of rotatable bonds is 5. The van der Waals surface area contributed by atoms with Crippen LogP contribution in [0, 0.1) is 0 Å². The number of methoxy groups -OCH3 is 1. The molecule has 0 aliphatic carbocycles. The average molecular weight is 245 g/mol. The molecule has 0 fully saturated rings. The highest BCUT2D eigenvalue weighted by Crippen LogP contribution is 2.17. The van der Waals surface area contributed by atoms with Gasteiger partial charge in [-0.25, -0.2) is 9.97 Å². The summed E-state index contributed by atoms with van der Waals surface area (Å²) in [5.74, 6) is 0.579. The van der Waals surface area contributed by atoms with E-state index in [1.54, 1.807) is 30.7 Å². The van der Waals surface area contributed by atoms with E-state index in [0.717, 1.165) is 13.0 Å². The molecule has 94 valence electrons. The fraction of sp³-hybridized carbons (Fsp3) is 0.308. The van der Waals surface area contributed by atoms with Gasteiger partial charge >= 0.3 is 0 Å². The second kappa shape index (κ2) is 5.44. The number of ether oxygens (including phenoxy) is 1. The first-order chi connectivity index (χ1) is 8.77. The first-order valence-corrected chi connectivity index (χ1v) is 5.82. The summed E-state index contributed by atoms with van der Waals surface area (Å²) in [6.45, 7) is 2.82. The second-order valence-electron chi connectivity index (χ2n) is 3.83. The second-order valence-corrected chi connectivity index (χ2v) is 3.83. The van der Waals surface area contributed by atoms with Crippen molar-refractivity contribution in [3.05, 3.63) is 42.1 Å². The molecular formula is C13H15N3O2. The highest BCUT2D eigenvalue weighted by Gasteiger charge is 2.19. The molecule has 0 atom stereocenters. The third-order valence-corrected chi connectivity index (χ3v) is 2.59. The molecule has 0 spiro atoms. The third kappa shape index (κ3) is 2.25. The van der Waals surface area contributed by atoms with Crippen LogP contribution in [0.2, 0.25) is 0 Å². The summed E-state index contributed by atoms with van der Waals surface area (Å²) in [6, 6.07) is 3.40. The van der Waals surface area contributed by atoms with Crippen LogP contribution in [0.1, 0.15) is 29.5 Å². The fourth-order valence-electron chi connectivity index (χ4n) is 1.79. The highest BCUT2D eigenvalue weighted by atomic mass is 16.5. The van der Waals surface area contributed by atoms with Gasteiger partial charge in [0.15, 0.2) is 5.82 Å². The van der Waals surface area contributed by atoms with Gasteiger partial charge in [0.2, 0.25) is 11.7 Å². The van der Waals surface area contributed by atoms with Gasteiger partial charge < -0.3 is 9.30 Å². The quantitative estimate of drug-likeness (QED) is 0.755. The minimum Gasteiger partial charge on any atom is -0.480 e. The van der Waals surface area contributed by atoms with Crippen LogP contribution in [0.15, 0.2) is 30.7 Å². The lowest BCUT2D eigenvalue weighted by molar-refractivity contribution is 0.102. The summed E-state index contributed by atoms with van der Waals surface area (Å²) >= 11 is 0. The number of nitrogens with zero attached hydrogens (tertiary/aromatic N) is 3. The van der Waals surface area contributed by atoms with Crippen LogP contribution in [-0.4, -0.2) is 27.4 Å². The van der Waals surface area contributed by atoms with Crippen LogP contribution >= 0.6 is 0 Å². The van der Waals surface area contributed by atoms with Crippen LogP contribution in [0.3, 0.4) is 0 Å². The molecule has 5 nitrogen and oxygen atoms in total. The van der Waals surface area contributed by atoms with Crippen LogP contribution in [0.5, 0.6) is 5.88 Å². The molecule has 2 aromatic rings. The van der Waals surface area contributed by atoms with Gasteiger partial charge in [-0.1, -0.05) is 6.92 Å². The first-order valence-electron chi connectivity index (χ1n) is 5.82. The molecule has 2 heterocycles. The molecule has 2 rings (SSSR count). The minimum atomic E-state index is -0.168. The van der Waals surface area contributed by atoms with E-state index in [9.17, 15) is 4.79 Å². The van der Waals surface area contributed by atoms with Gasteiger partial charge in [-0.15, -0.1) is 0 Å². The van der Waals surface area contributed by atoms with E-state index < -0.39 is 0 Å². The number of carbonyl (C=O) groups excluding carboxylic acids is 1. The average Bonchev–Trinajstić information content (AvgIpc) is 2.86. The normalized spacial score (nSPS) is 10.3. The Kier molecular flexibility index (Phi) is 3.72.